The van der Waals surface area contributed by atoms with Crippen LogP contribution in [-0.2, 0) is 21.7 Å². The molecule has 0 aliphatic carbocycles. The molecule has 0 aliphatic heterocycles. The molecule has 10 aromatic rings. The van der Waals surface area contributed by atoms with Crippen molar-refractivity contribution in [3.05, 3.63) is 246 Å². The fourth-order valence-corrected chi connectivity index (χ4v) is 9.75. The van der Waals surface area contributed by atoms with E-state index in [2.05, 4.69) is 271 Å². The molecular formula is C63H60N4O. The van der Waals surface area contributed by atoms with E-state index < -0.39 is 5.41 Å². The van der Waals surface area contributed by atoms with Crippen molar-refractivity contribution in [3.8, 4) is 28.7 Å². The molecule has 0 aliphatic rings. The minimum Gasteiger partial charge on any atom is -0.458 e. The average Bonchev–Trinajstić information content (AvgIpc) is 3.96. The molecule has 68 heavy (non-hydrogen) atoms. The van der Waals surface area contributed by atoms with Crippen molar-refractivity contribution in [1.29, 1.82) is 0 Å². The Hall–Kier alpha value is -7.50. The van der Waals surface area contributed by atoms with Gasteiger partial charge >= 0.3 is 0 Å². The van der Waals surface area contributed by atoms with E-state index in [0.717, 1.165) is 50.8 Å². The SMILES string of the molecule is CC(C)(C)c1ccnc(-n2c3ccccc3c3ccc(Oc4cccc(-n5[c-][n+](-c6cc(C(C)(C)c7ccccc7)cc(C(C)(C)c7ccccc7)c6)cc5C(C)(C)c5ccccc5)c4)cc32)c1. The molecule has 5 heteroatoms. The molecule has 5 nitrogen and oxygen atoms in total. The number of nitrogens with zero attached hydrogens (tertiary/aromatic N) is 4. The number of para-hydroxylation sites is 1. The van der Waals surface area contributed by atoms with Crippen LogP contribution in [0.15, 0.2) is 200 Å². The van der Waals surface area contributed by atoms with Crippen LogP contribution in [0.5, 0.6) is 11.5 Å². The number of hydrogen-bond acceptors (Lipinski definition) is 2. The molecular weight excluding hydrogens is 829 g/mol. The molecule has 0 bridgehead atoms. The lowest BCUT2D eigenvalue weighted by atomic mass is 9.73. The molecule has 0 spiro atoms. The first-order valence-electron chi connectivity index (χ1n) is 23.8. The van der Waals surface area contributed by atoms with Gasteiger partial charge in [0.05, 0.1) is 28.1 Å². The first kappa shape index (κ1) is 44.3. The van der Waals surface area contributed by atoms with E-state index in [1.165, 1.54) is 38.8 Å². The summed E-state index contributed by atoms with van der Waals surface area (Å²) >= 11 is 0. The van der Waals surface area contributed by atoms with Gasteiger partial charge in [0, 0.05) is 45.5 Å². The maximum absolute atomic E-state index is 6.84. The van der Waals surface area contributed by atoms with Crippen LogP contribution < -0.4 is 9.30 Å². The number of benzene rings is 7. The molecule has 0 saturated carbocycles. The van der Waals surface area contributed by atoms with Crippen molar-refractivity contribution in [2.24, 2.45) is 0 Å². The molecule has 0 N–H and O–H groups in total. The molecule has 0 unspecified atom stereocenters. The van der Waals surface area contributed by atoms with E-state index in [-0.39, 0.29) is 16.2 Å². The summed E-state index contributed by atoms with van der Waals surface area (Å²) in [5.74, 6) is 2.36. The Labute approximate surface area is 402 Å². The number of aromatic nitrogens is 4. The topological polar surface area (TPSA) is 35.9 Å². The summed E-state index contributed by atoms with van der Waals surface area (Å²) in [6.45, 7) is 20.6. The van der Waals surface area contributed by atoms with E-state index in [1.54, 1.807) is 0 Å². The van der Waals surface area contributed by atoms with Crippen LogP contribution in [0.3, 0.4) is 0 Å². The summed E-state index contributed by atoms with van der Waals surface area (Å²) < 4.78 is 13.5. The quantitative estimate of drug-likeness (QED) is 0.0958. The number of imidazole rings is 1. The van der Waals surface area contributed by atoms with Gasteiger partial charge in [-0.05, 0) is 99.5 Å². The van der Waals surface area contributed by atoms with Gasteiger partial charge < -0.3 is 4.74 Å². The zero-order chi connectivity index (χ0) is 47.4. The molecule has 3 heterocycles. The zero-order valence-electron chi connectivity index (χ0n) is 40.7. The largest absolute Gasteiger partial charge is 0.458 e. The number of rotatable bonds is 11. The van der Waals surface area contributed by atoms with Gasteiger partial charge in [-0.2, -0.15) is 0 Å². The highest BCUT2D eigenvalue weighted by molar-refractivity contribution is 6.09. The smallest absolute Gasteiger partial charge is 0.269 e. The molecule has 0 saturated heterocycles. The summed E-state index contributed by atoms with van der Waals surface area (Å²) in [5, 5.41) is 2.32. The van der Waals surface area contributed by atoms with Gasteiger partial charge in [-0.3, -0.25) is 13.7 Å². The van der Waals surface area contributed by atoms with Crippen molar-refractivity contribution in [2.45, 2.75) is 84.0 Å². The second-order valence-electron chi connectivity index (χ2n) is 20.8. The molecule has 0 radical (unpaired) electrons. The van der Waals surface area contributed by atoms with Crippen LogP contribution in [0.2, 0.25) is 0 Å². The van der Waals surface area contributed by atoms with E-state index in [1.807, 2.05) is 12.3 Å². The van der Waals surface area contributed by atoms with Crippen LogP contribution in [0.1, 0.15) is 101 Å². The van der Waals surface area contributed by atoms with Crippen LogP contribution in [0.4, 0.5) is 0 Å². The van der Waals surface area contributed by atoms with E-state index in [9.17, 15) is 0 Å². The highest BCUT2D eigenvalue weighted by Crippen LogP contribution is 2.40. The predicted molar refractivity (Wildman–Crippen MR) is 279 cm³/mol. The first-order chi connectivity index (χ1) is 32.6. The number of fused-ring (bicyclic) bond motifs is 3. The van der Waals surface area contributed by atoms with Gasteiger partial charge in [0.2, 0.25) is 0 Å². The summed E-state index contributed by atoms with van der Waals surface area (Å²) in [5.41, 5.74) is 11.7. The van der Waals surface area contributed by atoms with Crippen molar-refractivity contribution < 1.29 is 9.30 Å². The minimum atomic E-state index is -0.399. The number of hydrogen-bond donors (Lipinski definition) is 0. The Bertz CT molecular complexity index is 3350. The van der Waals surface area contributed by atoms with Crippen molar-refractivity contribution in [3.63, 3.8) is 0 Å². The summed E-state index contributed by atoms with van der Waals surface area (Å²) in [6, 6.07) is 67.2. The molecule has 0 fully saturated rings. The lowest BCUT2D eigenvalue weighted by molar-refractivity contribution is -0.599. The third kappa shape index (κ3) is 8.10. The Balaban J connectivity index is 1.10. The predicted octanol–water partition coefficient (Wildman–Crippen LogP) is 15.1. The van der Waals surface area contributed by atoms with Gasteiger partial charge in [-0.25, -0.2) is 4.98 Å². The second kappa shape index (κ2) is 17.0. The maximum Gasteiger partial charge on any atom is 0.269 e. The van der Waals surface area contributed by atoms with Gasteiger partial charge in [0.15, 0.2) is 0 Å². The van der Waals surface area contributed by atoms with Crippen LogP contribution in [0, 0.1) is 6.33 Å². The summed E-state index contributed by atoms with van der Waals surface area (Å²) in [6.07, 6.45) is 8.05. The maximum atomic E-state index is 6.84. The highest BCUT2D eigenvalue weighted by atomic mass is 16.5. The average molecular weight is 889 g/mol. The monoisotopic (exact) mass is 888 g/mol. The second-order valence-corrected chi connectivity index (χ2v) is 20.8. The first-order valence-corrected chi connectivity index (χ1v) is 23.8. The Morgan fingerprint density at radius 3 is 1.63 bits per heavy atom. The fourth-order valence-electron chi connectivity index (χ4n) is 9.75. The van der Waals surface area contributed by atoms with E-state index >= 15 is 0 Å². The van der Waals surface area contributed by atoms with Crippen molar-refractivity contribution in [1.82, 2.24) is 14.1 Å². The lowest BCUT2D eigenvalue weighted by Gasteiger charge is -2.32. The number of ether oxygens (including phenoxy) is 1. The Kier molecular flexibility index (Phi) is 11.1. The van der Waals surface area contributed by atoms with Crippen molar-refractivity contribution >= 4 is 21.8 Å². The molecule has 10 rings (SSSR count). The third-order valence-corrected chi connectivity index (χ3v) is 14.3. The fraction of sp³-hybridized carbons (Fsp3) is 0.206. The van der Waals surface area contributed by atoms with Gasteiger partial charge in [0.1, 0.15) is 17.3 Å². The van der Waals surface area contributed by atoms with E-state index in [0.29, 0.717) is 0 Å². The van der Waals surface area contributed by atoms with Gasteiger partial charge in [-0.1, -0.05) is 184 Å². The third-order valence-electron chi connectivity index (χ3n) is 14.3. The molecule has 7 aromatic carbocycles. The van der Waals surface area contributed by atoms with Gasteiger partial charge in [-0.15, -0.1) is 0 Å². The molecule has 338 valence electrons. The molecule has 3 aromatic heterocycles. The molecule has 0 amide bonds. The van der Waals surface area contributed by atoms with Crippen LogP contribution in [0.25, 0.3) is 39.0 Å². The lowest BCUT2D eigenvalue weighted by Crippen LogP contribution is -2.32. The summed E-state index contributed by atoms with van der Waals surface area (Å²) in [7, 11) is 0. The minimum absolute atomic E-state index is 0.0200. The normalized spacial score (nSPS) is 12.5. The number of pyridine rings is 1. The van der Waals surface area contributed by atoms with E-state index in [4.69, 9.17) is 9.72 Å². The Morgan fingerprint density at radius 1 is 0.456 bits per heavy atom. The summed E-state index contributed by atoms with van der Waals surface area (Å²) in [4.78, 5) is 4.90. The van der Waals surface area contributed by atoms with Crippen molar-refractivity contribution in [2.75, 3.05) is 0 Å². The van der Waals surface area contributed by atoms with Crippen LogP contribution >= 0.6 is 0 Å². The van der Waals surface area contributed by atoms with Crippen LogP contribution in [-0.4, -0.2) is 14.1 Å². The standard InChI is InChI=1S/C63H60N4O/c1-60(2,3)47-34-35-64-59(39-47)67-56-31-20-19-30-54(56)55-33-32-53(41-57(55)67)68-52-29-21-28-50(40-52)66-43-65(42-58(66)63(8,9)46-26-17-12-18-27-46)51-37-48(61(4,5)44-22-13-10-14-23-44)36-49(38-51)62(6,7)45-24-15-11-16-25-45/h10-42H,1-9H3. The van der Waals surface area contributed by atoms with Gasteiger partial charge in [0.25, 0.3) is 6.33 Å². The zero-order valence-corrected chi connectivity index (χ0v) is 40.7. The Morgan fingerprint density at radius 2 is 1.01 bits per heavy atom. The highest BCUT2D eigenvalue weighted by Gasteiger charge is 2.32. The molecule has 0 atom stereocenters.